The SMILES string of the molecule is CC/C(C)=C(\NC(=O)[C@@H](NC(=O)[C@H](NC(=O)[C@H](NC(=O)[C@H](NC(=O)/C(NC(=O)[C@H](C)NC(=O)/C(NC(=O)CNC(=O)C(C)(C)C(=O)[C@@H](C)CC(C)C)=C(/C)CC)=C(/C)CC)C(C)C)[C@@H](C)CC)C(C)(C)O)C(C)(C)O)C(=O)N[C@H](C)C(=O)N[C@@H](C(=O)N[C@H](C(=O)NC(C(=O)N[C@H](CN(C)C)C(C)C)=C(C)C)C(C)C)C(C)C. The average molecular weight is 1580 g/mol. The average Bonchev–Trinajstić information content (AvgIpc) is 0.812. The highest BCUT2D eigenvalue weighted by Gasteiger charge is 2.45. The first-order valence-electron chi connectivity index (χ1n) is 39.0. The van der Waals surface area contributed by atoms with Gasteiger partial charge < -0.3 is 89.5 Å². The van der Waals surface area contributed by atoms with Gasteiger partial charge in [-0.25, -0.2) is 0 Å². The molecule has 32 nitrogen and oxygen atoms in total. The zero-order valence-electron chi connectivity index (χ0n) is 72.7. The van der Waals surface area contributed by atoms with E-state index in [4.69, 9.17) is 0 Å². The van der Waals surface area contributed by atoms with Crippen molar-refractivity contribution in [3.8, 4) is 0 Å². The van der Waals surface area contributed by atoms with E-state index in [-0.39, 0.29) is 77.7 Å². The van der Waals surface area contributed by atoms with E-state index in [1.807, 2.05) is 46.7 Å². The Balaban J connectivity index is 6.77. The molecule has 16 N–H and O–H groups in total. The first-order valence-corrected chi connectivity index (χ1v) is 39.0. The molecule has 0 heterocycles. The molecule has 0 saturated heterocycles. The number of nitrogens with one attached hydrogen (secondary N) is 14. The van der Waals surface area contributed by atoms with Gasteiger partial charge in [0.25, 0.3) is 23.6 Å². The summed E-state index contributed by atoms with van der Waals surface area (Å²) in [5.41, 5.74) is -5.04. The molecule has 14 amide bonds. The van der Waals surface area contributed by atoms with Crippen LogP contribution in [0.5, 0.6) is 0 Å². The number of likely N-dealkylation sites (N-methyl/N-ethyl adjacent to an activating group) is 1. The maximum atomic E-state index is 14.6. The number of aliphatic hydroxyl groups is 2. The summed E-state index contributed by atoms with van der Waals surface area (Å²) in [6, 6.07) is -12.2. The Morgan fingerprint density at radius 2 is 0.741 bits per heavy atom. The molecule has 11 atom stereocenters. The van der Waals surface area contributed by atoms with Gasteiger partial charge >= 0.3 is 0 Å². The monoisotopic (exact) mass is 1580 g/mol. The number of carbonyl (C=O) groups is 15. The fourth-order valence-corrected chi connectivity index (χ4v) is 11.3. The van der Waals surface area contributed by atoms with Crippen molar-refractivity contribution in [2.45, 2.75) is 298 Å². The second kappa shape index (κ2) is 46.3. The molecule has 0 aromatic carbocycles. The lowest BCUT2D eigenvalue weighted by Gasteiger charge is -2.35. The van der Waals surface area contributed by atoms with E-state index in [1.165, 1.54) is 62.3 Å². The summed E-state index contributed by atoms with van der Waals surface area (Å²) in [5.74, 6) is -15.1. The maximum Gasteiger partial charge on any atom is 0.268 e. The van der Waals surface area contributed by atoms with E-state index in [0.717, 1.165) is 0 Å². The Morgan fingerprint density at radius 3 is 1.14 bits per heavy atom. The number of ketones is 1. The topological polar surface area (TPSA) is 468 Å². The molecule has 0 rings (SSSR count). The molecule has 0 aromatic heterocycles. The molecule has 0 unspecified atom stereocenters. The van der Waals surface area contributed by atoms with E-state index in [0.29, 0.717) is 29.7 Å². The Kier molecular flexibility index (Phi) is 42.6. The second-order valence-electron chi connectivity index (χ2n) is 33.3. The van der Waals surface area contributed by atoms with E-state index in [9.17, 15) is 82.1 Å². The molecule has 0 aliphatic heterocycles. The normalized spacial score (nSPS) is 15.6. The van der Waals surface area contributed by atoms with Crippen LogP contribution in [-0.2, 0) is 71.9 Å². The standard InChI is InChI=1S/C80H139N15O17/c1-32-45(17)58(85-53(96)37-81-77(110)78(24,25)64(97)49(21)36-39(5)6)71(104)82-51(23)66(99)90-60(47(19)34-3)73(106)89-57(44(15)16)70(103)91-61(48(20)35-4)74(107)93-63(80(28,29)112)76(109)94-62(79(26,27)111)75(108)92-59(46(18)33-2)72(105)83-50(22)65(98)86-55(42(11)12)68(101)88-56(43(13)14)69(102)87-54(41(9)10)67(100)84-52(40(7)8)38-95(30)31/h39-40,42-44,48-52,55-57,61-63,111-112H,32-38H2,1-31H3,(H,81,110)(H,82,104)(H,83,105)(H,84,100)(H,85,96)(H,86,98)(H,87,102)(H,88,101)(H,89,106)(H,90,99)(H,91,103)(H,92,108)(H,93,107)(H,94,109)/b58-45+,59-46-,60-47+/t48-,49-,50+,51-,52+,55+,56-,57+,61+,62+,63-/m0/s1. The van der Waals surface area contributed by atoms with Crippen molar-refractivity contribution in [3.63, 3.8) is 0 Å². The van der Waals surface area contributed by atoms with Crippen LogP contribution in [0.1, 0.15) is 233 Å². The minimum absolute atomic E-state index is 0.0163. The highest BCUT2D eigenvalue weighted by Crippen LogP contribution is 2.26. The predicted molar refractivity (Wildman–Crippen MR) is 429 cm³/mol. The van der Waals surface area contributed by atoms with Crippen molar-refractivity contribution in [3.05, 3.63) is 45.1 Å². The number of allylic oxidation sites excluding steroid dienone is 4. The number of amides is 14. The molecule has 0 aliphatic rings. The molecule has 32 heteroatoms. The van der Waals surface area contributed by atoms with Crippen LogP contribution in [0.15, 0.2) is 45.1 Å². The third kappa shape index (κ3) is 32.7. The minimum atomic E-state index is -2.14. The number of rotatable bonds is 45. The number of Topliss-reactive ketones (excluding diaryl/α,β-unsaturated/α-hetero) is 1. The van der Waals surface area contributed by atoms with Gasteiger partial charge in [0, 0.05) is 18.5 Å². The van der Waals surface area contributed by atoms with Gasteiger partial charge in [-0.05, 0) is 188 Å². The van der Waals surface area contributed by atoms with Crippen LogP contribution in [0.3, 0.4) is 0 Å². The molecule has 0 aromatic rings. The molecule has 0 bridgehead atoms. The van der Waals surface area contributed by atoms with Crippen molar-refractivity contribution in [2.24, 2.45) is 46.8 Å². The summed E-state index contributed by atoms with van der Waals surface area (Å²) in [4.78, 5) is 211. The van der Waals surface area contributed by atoms with Crippen LogP contribution < -0.4 is 74.4 Å². The van der Waals surface area contributed by atoms with Crippen molar-refractivity contribution < 1.29 is 82.1 Å². The van der Waals surface area contributed by atoms with Crippen molar-refractivity contribution in [2.75, 3.05) is 27.2 Å². The largest absolute Gasteiger partial charge is 0.388 e. The van der Waals surface area contributed by atoms with E-state index < -0.39 is 184 Å². The van der Waals surface area contributed by atoms with Crippen molar-refractivity contribution in [1.29, 1.82) is 0 Å². The van der Waals surface area contributed by atoms with Gasteiger partial charge in [-0.2, -0.15) is 0 Å². The summed E-state index contributed by atoms with van der Waals surface area (Å²) in [5, 5.41) is 59.4. The fraction of sp³-hybridized carbons (Fsp3) is 0.713. The second-order valence-corrected chi connectivity index (χ2v) is 33.3. The third-order valence-corrected chi connectivity index (χ3v) is 19.4. The Labute approximate surface area is 664 Å². The molecule has 0 fully saturated rings. The summed E-state index contributed by atoms with van der Waals surface area (Å²) < 4.78 is 0. The Morgan fingerprint density at radius 1 is 0.384 bits per heavy atom. The van der Waals surface area contributed by atoms with Crippen LogP contribution in [0.2, 0.25) is 0 Å². The smallest absolute Gasteiger partial charge is 0.268 e. The molecule has 636 valence electrons. The van der Waals surface area contributed by atoms with Gasteiger partial charge in [-0.1, -0.05) is 117 Å². The summed E-state index contributed by atoms with van der Waals surface area (Å²) in [6.07, 6.45) is 1.47. The van der Waals surface area contributed by atoms with Crippen LogP contribution in [0.25, 0.3) is 0 Å². The van der Waals surface area contributed by atoms with Gasteiger partial charge in [0.05, 0.1) is 17.7 Å². The molecule has 0 aliphatic carbocycles. The first kappa shape index (κ1) is 103. The number of hydrogen-bond acceptors (Lipinski definition) is 18. The Hall–Kier alpha value is -8.91. The molecule has 0 saturated carbocycles. The van der Waals surface area contributed by atoms with Crippen molar-refractivity contribution in [1.82, 2.24) is 79.3 Å². The van der Waals surface area contributed by atoms with Gasteiger partial charge in [-0.15, -0.1) is 0 Å². The predicted octanol–water partition coefficient (Wildman–Crippen LogP) is 3.37. The van der Waals surface area contributed by atoms with Gasteiger partial charge in [0.2, 0.25) is 59.1 Å². The van der Waals surface area contributed by atoms with E-state index in [2.05, 4.69) is 74.4 Å². The highest BCUT2D eigenvalue weighted by atomic mass is 16.3. The lowest BCUT2D eigenvalue weighted by Crippen LogP contribution is -2.66. The zero-order chi connectivity index (χ0) is 87.4. The highest BCUT2D eigenvalue weighted by molar-refractivity contribution is 6.08. The summed E-state index contributed by atoms with van der Waals surface area (Å²) in [6.45, 7) is 46.1. The molecule has 0 radical (unpaired) electrons. The molecular weight excluding hydrogens is 1440 g/mol. The molecule has 112 heavy (non-hydrogen) atoms. The third-order valence-electron chi connectivity index (χ3n) is 19.4. The summed E-state index contributed by atoms with van der Waals surface area (Å²) >= 11 is 0. The first-order chi connectivity index (χ1) is 51.3. The van der Waals surface area contributed by atoms with E-state index in [1.54, 1.807) is 111 Å². The van der Waals surface area contributed by atoms with Gasteiger partial charge in [0.15, 0.2) is 5.78 Å². The van der Waals surface area contributed by atoms with Crippen LogP contribution in [-0.4, -0.2) is 196 Å². The van der Waals surface area contributed by atoms with E-state index >= 15 is 0 Å². The van der Waals surface area contributed by atoms with Crippen LogP contribution in [0, 0.1) is 46.8 Å². The number of carbonyl (C=O) groups excluding carboxylic acids is 15. The lowest BCUT2D eigenvalue weighted by molar-refractivity contribution is -0.143. The maximum absolute atomic E-state index is 14.6. The van der Waals surface area contributed by atoms with Gasteiger partial charge in [0.1, 0.15) is 76.5 Å². The summed E-state index contributed by atoms with van der Waals surface area (Å²) in [7, 11) is 3.75. The van der Waals surface area contributed by atoms with Gasteiger partial charge in [-0.3, -0.25) is 71.9 Å². The van der Waals surface area contributed by atoms with Crippen LogP contribution >= 0.6 is 0 Å². The zero-order valence-corrected chi connectivity index (χ0v) is 72.7. The fourth-order valence-electron chi connectivity index (χ4n) is 11.3. The van der Waals surface area contributed by atoms with Crippen LogP contribution in [0.4, 0.5) is 0 Å². The quantitative estimate of drug-likeness (QED) is 0.0307. The lowest BCUT2D eigenvalue weighted by atomic mass is 9.78. The molecule has 0 spiro atoms. The molecular formula is C80H139N15O17. The minimum Gasteiger partial charge on any atom is -0.388 e. The van der Waals surface area contributed by atoms with Crippen molar-refractivity contribution >= 4 is 88.5 Å². The number of hydrogen-bond donors (Lipinski definition) is 16. The number of nitrogens with zero attached hydrogens (tertiary/aromatic N) is 1. The Bertz CT molecular complexity index is 3500.